The van der Waals surface area contributed by atoms with Crippen molar-refractivity contribution < 1.29 is 4.73 Å². The van der Waals surface area contributed by atoms with E-state index in [4.69, 9.17) is 11.6 Å². The monoisotopic (exact) mass is 185 g/mol. The van der Waals surface area contributed by atoms with Gasteiger partial charge in [-0.05, 0) is 23.0 Å². The van der Waals surface area contributed by atoms with Crippen LogP contribution in [0.25, 0.3) is 10.1 Å². The lowest BCUT2D eigenvalue weighted by Gasteiger charge is -1.96. The van der Waals surface area contributed by atoms with Gasteiger partial charge in [-0.2, -0.15) is 4.73 Å². The zero-order valence-corrected chi connectivity index (χ0v) is 7.02. The lowest BCUT2D eigenvalue weighted by molar-refractivity contribution is -0.601. The van der Waals surface area contributed by atoms with Crippen LogP contribution < -0.4 is 4.73 Å². The molecule has 56 valence electrons. The first-order valence-electron chi connectivity index (χ1n) is 3.04. The van der Waals surface area contributed by atoms with E-state index in [2.05, 4.69) is 0 Å². The van der Waals surface area contributed by atoms with Crippen molar-refractivity contribution >= 4 is 33.0 Å². The Hall–Kier alpha value is -0.800. The molecule has 0 aliphatic rings. The Morgan fingerprint density at radius 3 is 3.09 bits per heavy atom. The summed E-state index contributed by atoms with van der Waals surface area (Å²) in [5.41, 5.74) is 0. The molecule has 0 atom stereocenters. The molecule has 0 N–H and O–H groups in total. The zero-order chi connectivity index (χ0) is 7.84. The molecule has 2 aromatic heterocycles. The van der Waals surface area contributed by atoms with Gasteiger partial charge < -0.3 is 5.21 Å². The van der Waals surface area contributed by atoms with Crippen LogP contribution in [0.4, 0.5) is 0 Å². The lowest BCUT2D eigenvalue weighted by atomic mass is 10.3. The fourth-order valence-corrected chi connectivity index (χ4v) is 2.00. The summed E-state index contributed by atoms with van der Waals surface area (Å²) in [6.45, 7) is 0. The smallest absolute Gasteiger partial charge is 0.295 e. The van der Waals surface area contributed by atoms with Gasteiger partial charge in [-0.3, -0.25) is 0 Å². The summed E-state index contributed by atoms with van der Waals surface area (Å²) in [5, 5.41) is 13.9. The predicted molar refractivity (Wildman–Crippen MR) is 45.8 cm³/mol. The highest BCUT2D eigenvalue weighted by Crippen LogP contribution is 2.24. The summed E-state index contributed by atoms with van der Waals surface area (Å²) >= 11 is 7.30. The first-order chi connectivity index (χ1) is 5.29. The van der Waals surface area contributed by atoms with Crippen LogP contribution in [-0.2, 0) is 0 Å². The second-order valence-electron chi connectivity index (χ2n) is 2.13. The van der Waals surface area contributed by atoms with E-state index in [1.54, 1.807) is 17.4 Å². The summed E-state index contributed by atoms with van der Waals surface area (Å²) in [6.07, 6.45) is 1.42. The summed E-state index contributed by atoms with van der Waals surface area (Å²) in [7, 11) is 0. The van der Waals surface area contributed by atoms with Gasteiger partial charge in [0.1, 0.15) is 0 Å². The van der Waals surface area contributed by atoms with Gasteiger partial charge in [-0.25, -0.2) is 0 Å². The number of fused-ring (bicyclic) bond motifs is 1. The van der Waals surface area contributed by atoms with Crippen molar-refractivity contribution in [1.29, 1.82) is 0 Å². The van der Waals surface area contributed by atoms with Crippen molar-refractivity contribution in [1.82, 2.24) is 0 Å². The average molecular weight is 186 g/mol. The molecule has 2 rings (SSSR count). The quantitative estimate of drug-likeness (QED) is 0.351. The van der Waals surface area contributed by atoms with Crippen LogP contribution in [0.2, 0.25) is 5.15 Å². The predicted octanol–water partition coefficient (Wildman–Crippen LogP) is 2.19. The Bertz CT molecular complexity index is 398. The van der Waals surface area contributed by atoms with Gasteiger partial charge in [-0.15, -0.1) is 11.3 Å². The maximum Gasteiger partial charge on any atom is 0.295 e. The van der Waals surface area contributed by atoms with Crippen LogP contribution in [0.3, 0.4) is 0 Å². The van der Waals surface area contributed by atoms with Crippen LogP contribution in [0, 0.1) is 5.21 Å². The Morgan fingerprint density at radius 2 is 2.27 bits per heavy atom. The molecule has 0 amide bonds. The summed E-state index contributed by atoms with van der Waals surface area (Å²) < 4.78 is 1.71. The molecule has 0 fully saturated rings. The summed E-state index contributed by atoms with van der Waals surface area (Å²) in [4.78, 5) is 0. The molecule has 0 radical (unpaired) electrons. The summed E-state index contributed by atoms with van der Waals surface area (Å²) in [5.74, 6) is 0. The molecular weight excluding hydrogens is 182 g/mol. The van der Waals surface area contributed by atoms with Crippen molar-refractivity contribution in [2.75, 3.05) is 0 Å². The number of aromatic nitrogens is 1. The van der Waals surface area contributed by atoms with Crippen molar-refractivity contribution in [3.63, 3.8) is 0 Å². The van der Waals surface area contributed by atoms with Crippen molar-refractivity contribution in [2.24, 2.45) is 0 Å². The fourth-order valence-electron chi connectivity index (χ4n) is 0.940. The second-order valence-corrected chi connectivity index (χ2v) is 3.44. The van der Waals surface area contributed by atoms with Crippen LogP contribution >= 0.6 is 22.9 Å². The highest BCUT2D eigenvalue weighted by Gasteiger charge is 2.07. The van der Waals surface area contributed by atoms with Gasteiger partial charge in [-0.1, -0.05) is 0 Å². The van der Waals surface area contributed by atoms with Crippen LogP contribution in [0.1, 0.15) is 0 Å². The molecule has 2 heterocycles. The number of rotatable bonds is 0. The van der Waals surface area contributed by atoms with Gasteiger partial charge >= 0.3 is 0 Å². The Balaban J connectivity index is 2.93. The van der Waals surface area contributed by atoms with Gasteiger partial charge in [0.2, 0.25) is 0 Å². The number of hydrogen-bond donors (Lipinski definition) is 0. The first kappa shape index (κ1) is 6.88. The fraction of sp³-hybridized carbons (Fsp3) is 0. The van der Waals surface area contributed by atoms with Gasteiger partial charge in [0.05, 0.1) is 5.39 Å². The molecule has 0 saturated carbocycles. The van der Waals surface area contributed by atoms with E-state index in [-0.39, 0.29) is 5.15 Å². The number of hydrogen-bond acceptors (Lipinski definition) is 2. The molecule has 0 aliphatic heterocycles. The van der Waals surface area contributed by atoms with Gasteiger partial charge in [0.15, 0.2) is 6.20 Å². The molecule has 0 unspecified atom stereocenters. The third kappa shape index (κ3) is 0.968. The largest absolute Gasteiger partial charge is 0.618 e. The minimum atomic E-state index is 0.253. The van der Waals surface area contributed by atoms with E-state index < -0.39 is 0 Å². The standard InChI is InChI=1S/C7H4ClNOS/c8-7-5-2-4-11-6(5)1-3-9(7)10/h1-4H. The molecule has 0 saturated heterocycles. The normalized spacial score (nSPS) is 10.6. The molecular formula is C7H4ClNOS. The number of thiophene rings is 1. The Morgan fingerprint density at radius 1 is 1.45 bits per heavy atom. The number of pyridine rings is 1. The summed E-state index contributed by atoms with van der Waals surface area (Å²) in [6, 6.07) is 3.61. The molecule has 2 aromatic rings. The SMILES string of the molecule is [O-][n+]1ccc2sccc2c1Cl. The Kier molecular flexibility index (Phi) is 1.47. The highest BCUT2D eigenvalue weighted by atomic mass is 35.5. The maximum absolute atomic E-state index is 10.9. The van der Waals surface area contributed by atoms with E-state index in [1.165, 1.54) is 6.20 Å². The van der Waals surface area contributed by atoms with Crippen LogP contribution in [0.15, 0.2) is 23.7 Å². The minimum absolute atomic E-state index is 0.253. The number of halogens is 1. The molecule has 0 aliphatic carbocycles. The van der Waals surface area contributed by atoms with E-state index in [0.717, 1.165) is 10.1 Å². The molecule has 4 heteroatoms. The topological polar surface area (TPSA) is 26.9 Å². The van der Waals surface area contributed by atoms with E-state index in [9.17, 15) is 5.21 Å². The van der Waals surface area contributed by atoms with E-state index in [1.807, 2.05) is 11.4 Å². The van der Waals surface area contributed by atoms with Crippen molar-refractivity contribution in [2.45, 2.75) is 0 Å². The molecule has 2 nitrogen and oxygen atoms in total. The molecule has 0 bridgehead atoms. The van der Waals surface area contributed by atoms with E-state index in [0.29, 0.717) is 4.73 Å². The minimum Gasteiger partial charge on any atom is -0.618 e. The molecule has 0 spiro atoms. The van der Waals surface area contributed by atoms with Crippen LogP contribution in [0.5, 0.6) is 0 Å². The van der Waals surface area contributed by atoms with Crippen LogP contribution in [-0.4, -0.2) is 0 Å². The highest BCUT2D eigenvalue weighted by molar-refractivity contribution is 7.17. The molecule has 0 aromatic carbocycles. The third-order valence-corrected chi connectivity index (χ3v) is 2.72. The van der Waals surface area contributed by atoms with E-state index >= 15 is 0 Å². The van der Waals surface area contributed by atoms with Gasteiger partial charge in [0, 0.05) is 10.8 Å². The van der Waals surface area contributed by atoms with Crippen molar-refractivity contribution in [3.05, 3.63) is 34.1 Å². The Labute approximate surface area is 72.2 Å². The maximum atomic E-state index is 10.9. The zero-order valence-electron chi connectivity index (χ0n) is 5.45. The van der Waals surface area contributed by atoms with Crippen molar-refractivity contribution in [3.8, 4) is 0 Å². The van der Waals surface area contributed by atoms with Gasteiger partial charge in [0.25, 0.3) is 5.15 Å². The first-order valence-corrected chi connectivity index (χ1v) is 4.29. The third-order valence-electron chi connectivity index (χ3n) is 1.47. The average Bonchev–Trinajstić information content (AvgIpc) is 2.45. The number of nitrogens with zero attached hydrogens (tertiary/aromatic N) is 1. The lowest BCUT2D eigenvalue weighted by Crippen LogP contribution is -2.26. The second kappa shape index (κ2) is 2.36. The molecule has 11 heavy (non-hydrogen) atoms.